The van der Waals surface area contributed by atoms with E-state index >= 15 is 0 Å². The first kappa shape index (κ1) is 23.8. The largest absolute Gasteiger partial charge is 0.338 e. The molecule has 4 heteroatoms. The summed E-state index contributed by atoms with van der Waals surface area (Å²) in [4.78, 5) is 17.9. The second-order valence-electron chi connectivity index (χ2n) is 10.4. The Morgan fingerprint density at radius 1 is 0.939 bits per heavy atom. The predicted octanol–water partition coefficient (Wildman–Crippen LogP) is 6.19. The molecule has 2 atom stereocenters. The first-order chi connectivity index (χ1) is 16.0. The molecule has 2 amide bonds. The highest BCUT2D eigenvalue weighted by Crippen LogP contribution is 2.38. The molecule has 2 fully saturated rings. The molecule has 178 valence electrons. The van der Waals surface area contributed by atoms with Gasteiger partial charge in [-0.3, -0.25) is 4.90 Å². The highest BCUT2D eigenvalue weighted by atomic mass is 16.2. The minimum absolute atomic E-state index is 0.108. The van der Waals surface area contributed by atoms with Gasteiger partial charge in [0.2, 0.25) is 0 Å². The summed E-state index contributed by atoms with van der Waals surface area (Å²) in [6, 6.07) is 22.8. The third-order valence-corrected chi connectivity index (χ3v) is 7.61. The van der Waals surface area contributed by atoms with Crippen LogP contribution in [0.3, 0.4) is 0 Å². The van der Waals surface area contributed by atoms with Crippen molar-refractivity contribution in [2.45, 2.75) is 82.8 Å². The lowest BCUT2D eigenvalue weighted by Crippen LogP contribution is -2.60. The summed E-state index contributed by atoms with van der Waals surface area (Å²) in [7, 11) is 0. The zero-order chi connectivity index (χ0) is 23.1. The number of hydrogen-bond acceptors (Lipinski definition) is 2. The van der Waals surface area contributed by atoms with Gasteiger partial charge in [0.05, 0.1) is 0 Å². The molecule has 2 aliphatic heterocycles. The highest BCUT2D eigenvalue weighted by molar-refractivity contribution is 5.75. The van der Waals surface area contributed by atoms with Gasteiger partial charge in [0.25, 0.3) is 0 Å². The van der Waals surface area contributed by atoms with E-state index in [1.807, 2.05) is 0 Å². The zero-order valence-electron chi connectivity index (χ0n) is 20.5. The fraction of sp³-hybridized carbons (Fsp3) is 0.552. The fourth-order valence-electron chi connectivity index (χ4n) is 5.84. The number of carbonyl (C=O) groups is 1. The number of likely N-dealkylation sites (tertiary alicyclic amines) is 2. The van der Waals surface area contributed by atoms with Gasteiger partial charge < -0.3 is 10.2 Å². The van der Waals surface area contributed by atoms with Crippen LogP contribution < -0.4 is 5.32 Å². The van der Waals surface area contributed by atoms with Crippen LogP contribution in [-0.4, -0.2) is 47.0 Å². The molecule has 2 aromatic carbocycles. The van der Waals surface area contributed by atoms with Gasteiger partial charge in [0.15, 0.2) is 0 Å². The Hall–Kier alpha value is -2.33. The van der Waals surface area contributed by atoms with E-state index < -0.39 is 0 Å². The van der Waals surface area contributed by atoms with Gasteiger partial charge in [0.1, 0.15) is 0 Å². The third-order valence-electron chi connectivity index (χ3n) is 7.61. The molecule has 33 heavy (non-hydrogen) atoms. The van der Waals surface area contributed by atoms with Gasteiger partial charge in [0, 0.05) is 30.7 Å². The van der Waals surface area contributed by atoms with Crippen LogP contribution in [0.2, 0.25) is 0 Å². The molecular weight excluding hydrogens is 406 g/mol. The first-order valence-corrected chi connectivity index (χ1v) is 12.9. The van der Waals surface area contributed by atoms with E-state index in [4.69, 9.17) is 0 Å². The number of nitrogens with zero attached hydrogens (tertiary/aromatic N) is 2. The number of benzene rings is 2. The molecule has 1 N–H and O–H groups in total. The number of nitrogens with one attached hydrogen (secondary N) is 1. The summed E-state index contributed by atoms with van der Waals surface area (Å²) in [6.45, 7) is 7.26. The lowest BCUT2D eigenvalue weighted by atomic mass is 9.83. The van der Waals surface area contributed by atoms with E-state index in [0.717, 1.165) is 45.2 Å². The molecule has 4 rings (SSSR count). The predicted molar refractivity (Wildman–Crippen MR) is 136 cm³/mol. The zero-order valence-corrected chi connectivity index (χ0v) is 20.5. The summed E-state index contributed by atoms with van der Waals surface area (Å²) >= 11 is 0. The molecule has 0 radical (unpaired) electrons. The van der Waals surface area contributed by atoms with Crippen LogP contribution >= 0.6 is 0 Å². The Labute approximate surface area is 200 Å². The molecule has 2 unspecified atom stereocenters. The SMILES string of the molecule is CC1(C)CC(N2CCCCC2c2ccccc2)CCN1C(=O)NCCCCc1ccccc1. The number of rotatable bonds is 7. The fourth-order valence-corrected chi connectivity index (χ4v) is 5.84. The molecule has 4 nitrogen and oxygen atoms in total. The van der Waals surface area contributed by atoms with Crippen LogP contribution in [0.15, 0.2) is 60.7 Å². The van der Waals surface area contributed by atoms with Crippen molar-refractivity contribution in [3.63, 3.8) is 0 Å². The van der Waals surface area contributed by atoms with Crippen molar-refractivity contribution >= 4 is 6.03 Å². The maximum atomic E-state index is 13.0. The van der Waals surface area contributed by atoms with Gasteiger partial charge in [-0.05, 0) is 76.5 Å². The third kappa shape index (κ3) is 6.17. The second-order valence-corrected chi connectivity index (χ2v) is 10.4. The summed E-state index contributed by atoms with van der Waals surface area (Å²) in [5.74, 6) is 0. The minimum Gasteiger partial charge on any atom is -0.338 e. The molecule has 0 spiro atoms. The molecule has 0 bridgehead atoms. The standard InChI is InChI=1S/C29H41N3O/c1-29(2)23-26(31-21-12-10-18-27(31)25-16-7-4-8-17-25)19-22-32(29)28(33)30-20-11-9-15-24-13-5-3-6-14-24/h3-8,13-14,16-17,26-27H,9-12,15,18-23H2,1-2H3,(H,30,33). The monoisotopic (exact) mass is 447 g/mol. The molecular formula is C29H41N3O. The summed E-state index contributed by atoms with van der Waals surface area (Å²) in [6.07, 6.45) is 9.14. The van der Waals surface area contributed by atoms with Crippen molar-refractivity contribution in [3.05, 3.63) is 71.8 Å². The van der Waals surface area contributed by atoms with Crippen LogP contribution in [0.25, 0.3) is 0 Å². The Morgan fingerprint density at radius 3 is 2.39 bits per heavy atom. The van der Waals surface area contributed by atoms with Crippen LogP contribution in [-0.2, 0) is 6.42 Å². The quantitative estimate of drug-likeness (QED) is 0.514. The van der Waals surface area contributed by atoms with E-state index in [2.05, 4.69) is 89.6 Å². The molecule has 2 saturated heterocycles. The normalized spacial score (nSPS) is 23.3. The maximum Gasteiger partial charge on any atom is 0.317 e. The first-order valence-electron chi connectivity index (χ1n) is 12.9. The van der Waals surface area contributed by atoms with Crippen LogP contribution in [0.4, 0.5) is 4.79 Å². The summed E-state index contributed by atoms with van der Waals surface area (Å²) < 4.78 is 0. The van der Waals surface area contributed by atoms with E-state index in [-0.39, 0.29) is 11.6 Å². The average Bonchev–Trinajstić information content (AvgIpc) is 2.84. The van der Waals surface area contributed by atoms with Gasteiger partial charge in [-0.1, -0.05) is 67.1 Å². The van der Waals surface area contributed by atoms with E-state index in [9.17, 15) is 4.79 Å². The molecule has 2 heterocycles. The summed E-state index contributed by atoms with van der Waals surface area (Å²) in [5, 5.41) is 3.20. The topological polar surface area (TPSA) is 35.6 Å². The summed E-state index contributed by atoms with van der Waals surface area (Å²) in [5.41, 5.74) is 2.69. The molecule has 2 aromatic rings. The number of unbranched alkanes of at least 4 members (excludes halogenated alkanes) is 1. The van der Waals surface area contributed by atoms with Gasteiger partial charge >= 0.3 is 6.03 Å². The Bertz CT molecular complexity index is 867. The van der Waals surface area contributed by atoms with Crippen molar-refractivity contribution in [3.8, 4) is 0 Å². The average molecular weight is 448 g/mol. The van der Waals surface area contributed by atoms with Crippen molar-refractivity contribution < 1.29 is 4.79 Å². The van der Waals surface area contributed by atoms with Gasteiger partial charge in [-0.15, -0.1) is 0 Å². The maximum absolute atomic E-state index is 13.0. The highest BCUT2D eigenvalue weighted by Gasteiger charge is 2.41. The molecule has 0 aromatic heterocycles. The second kappa shape index (κ2) is 11.2. The molecule has 0 aliphatic carbocycles. The number of carbonyl (C=O) groups excluding carboxylic acids is 1. The number of piperidine rings is 2. The van der Waals surface area contributed by atoms with Crippen LogP contribution in [0.1, 0.15) is 76.0 Å². The van der Waals surface area contributed by atoms with Crippen LogP contribution in [0.5, 0.6) is 0 Å². The van der Waals surface area contributed by atoms with Gasteiger partial charge in [-0.2, -0.15) is 0 Å². The lowest BCUT2D eigenvalue weighted by Gasteiger charge is -2.51. The van der Waals surface area contributed by atoms with E-state index in [1.165, 1.54) is 36.9 Å². The van der Waals surface area contributed by atoms with E-state index in [1.54, 1.807) is 0 Å². The lowest BCUT2D eigenvalue weighted by molar-refractivity contribution is 0.00916. The number of amides is 2. The Balaban J connectivity index is 1.27. The van der Waals surface area contributed by atoms with Crippen molar-refractivity contribution in [2.75, 3.05) is 19.6 Å². The Kier molecular flexibility index (Phi) is 8.08. The van der Waals surface area contributed by atoms with Crippen molar-refractivity contribution in [2.24, 2.45) is 0 Å². The minimum atomic E-state index is -0.129. The molecule has 2 aliphatic rings. The molecule has 0 saturated carbocycles. The van der Waals surface area contributed by atoms with E-state index in [0.29, 0.717) is 12.1 Å². The number of hydrogen-bond donors (Lipinski definition) is 1. The van der Waals surface area contributed by atoms with Gasteiger partial charge in [-0.25, -0.2) is 4.79 Å². The van der Waals surface area contributed by atoms with Crippen LogP contribution in [0, 0.1) is 0 Å². The Morgan fingerprint density at radius 2 is 1.67 bits per heavy atom. The smallest absolute Gasteiger partial charge is 0.317 e. The van der Waals surface area contributed by atoms with Crippen molar-refractivity contribution in [1.29, 1.82) is 0 Å². The van der Waals surface area contributed by atoms with Crippen molar-refractivity contribution in [1.82, 2.24) is 15.1 Å². The number of urea groups is 1. The number of aryl methyl sites for hydroxylation is 1.